The summed E-state index contributed by atoms with van der Waals surface area (Å²) < 4.78 is 5.41. The molecule has 0 atom stereocenters. The average Bonchev–Trinajstić information content (AvgIpc) is 2.69. The van der Waals surface area contributed by atoms with Crippen LogP contribution in [0.4, 0.5) is 11.5 Å². The lowest BCUT2D eigenvalue weighted by Gasteiger charge is -2.28. The summed E-state index contributed by atoms with van der Waals surface area (Å²) in [5.41, 5.74) is 3.39. The summed E-state index contributed by atoms with van der Waals surface area (Å²) in [6.07, 6.45) is 3.22. The van der Waals surface area contributed by atoms with Crippen LogP contribution in [0.2, 0.25) is 0 Å². The van der Waals surface area contributed by atoms with E-state index >= 15 is 0 Å². The van der Waals surface area contributed by atoms with E-state index in [2.05, 4.69) is 28.2 Å². The molecule has 3 aromatic rings. The van der Waals surface area contributed by atoms with Crippen LogP contribution in [0.25, 0.3) is 10.9 Å². The molecule has 1 saturated heterocycles. The molecule has 0 unspecified atom stereocenters. The number of nitrogens with one attached hydrogen (secondary N) is 1. The van der Waals surface area contributed by atoms with Crippen molar-refractivity contribution < 1.29 is 9.53 Å². The zero-order chi connectivity index (χ0) is 17.9. The molecule has 132 valence electrons. The highest BCUT2D eigenvalue weighted by Crippen LogP contribution is 2.26. The van der Waals surface area contributed by atoms with Gasteiger partial charge in [0, 0.05) is 42.1 Å². The standard InChI is InChI=1S/C20H20N4O2/c1-14-12-19(24-8-10-26-11-9-24)23-18-3-2-16(13-17(14)18)22-20(25)15-4-6-21-7-5-15/h2-7,12-13H,8-11H2,1H3,(H,22,25). The molecule has 0 saturated carbocycles. The third-order valence-corrected chi connectivity index (χ3v) is 4.54. The van der Waals surface area contributed by atoms with E-state index < -0.39 is 0 Å². The monoisotopic (exact) mass is 348 g/mol. The molecule has 3 heterocycles. The third-order valence-electron chi connectivity index (χ3n) is 4.54. The van der Waals surface area contributed by atoms with Crippen molar-refractivity contribution in [2.75, 3.05) is 36.5 Å². The fourth-order valence-corrected chi connectivity index (χ4v) is 3.12. The topological polar surface area (TPSA) is 67.3 Å². The lowest BCUT2D eigenvalue weighted by atomic mass is 10.1. The second-order valence-electron chi connectivity index (χ2n) is 6.32. The lowest BCUT2D eigenvalue weighted by Crippen LogP contribution is -2.36. The first-order valence-corrected chi connectivity index (χ1v) is 8.66. The summed E-state index contributed by atoms with van der Waals surface area (Å²) in [4.78, 5) is 23.3. The van der Waals surface area contributed by atoms with Crippen molar-refractivity contribution in [3.8, 4) is 0 Å². The Balaban J connectivity index is 1.61. The predicted molar refractivity (Wildman–Crippen MR) is 102 cm³/mol. The lowest BCUT2D eigenvalue weighted by molar-refractivity contribution is 0.102. The van der Waals surface area contributed by atoms with Crippen LogP contribution < -0.4 is 10.2 Å². The van der Waals surface area contributed by atoms with Crippen molar-refractivity contribution in [1.82, 2.24) is 9.97 Å². The highest BCUT2D eigenvalue weighted by atomic mass is 16.5. The zero-order valence-corrected chi connectivity index (χ0v) is 14.6. The molecule has 6 nitrogen and oxygen atoms in total. The number of aryl methyl sites for hydroxylation is 1. The number of ether oxygens (including phenoxy) is 1. The van der Waals surface area contributed by atoms with E-state index in [0.29, 0.717) is 5.56 Å². The van der Waals surface area contributed by atoms with Gasteiger partial charge in [0.25, 0.3) is 5.91 Å². The van der Waals surface area contributed by atoms with Crippen LogP contribution in [0.3, 0.4) is 0 Å². The van der Waals surface area contributed by atoms with Gasteiger partial charge in [-0.1, -0.05) is 0 Å². The molecular weight excluding hydrogens is 328 g/mol. The van der Waals surface area contributed by atoms with Crippen molar-refractivity contribution in [3.63, 3.8) is 0 Å². The predicted octanol–water partition coefficient (Wildman–Crippen LogP) is 3.03. The average molecular weight is 348 g/mol. The summed E-state index contributed by atoms with van der Waals surface area (Å²) in [6, 6.07) is 11.3. The fourth-order valence-electron chi connectivity index (χ4n) is 3.12. The van der Waals surface area contributed by atoms with Gasteiger partial charge in [0.15, 0.2) is 0 Å². The van der Waals surface area contributed by atoms with E-state index in [1.54, 1.807) is 24.5 Å². The van der Waals surface area contributed by atoms with Crippen LogP contribution in [0.15, 0.2) is 48.8 Å². The van der Waals surface area contributed by atoms with Gasteiger partial charge in [0.2, 0.25) is 0 Å². The van der Waals surface area contributed by atoms with Gasteiger partial charge in [-0.2, -0.15) is 0 Å². The smallest absolute Gasteiger partial charge is 0.255 e. The molecule has 2 aromatic heterocycles. The number of morpholine rings is 1. The Morgan fingerprint density at radius 3 is 2.65 bits per heavy atom. The molecule has 1 aliphatic rings. The Morgan fingerprint density at radius 1 is 1.12 bits per heavy atom. The summed E-state index contributed by atoms with van der Waals surface area (Å²) in [6.45, 7) is 5.26. The Labute approximate surface area is 151 Å². The zero-order valence-electron chi connectivity index (χ0n) is 14.6. The van der Waals surface area contributed by atoms with Gasteiger partial charge in [0.05, 0.1) is 18.7 Å². The number of benzene rings is 1. The number of carbonyl (C=O) groups excluding carboxylic acids is 1. The first-order chi connectivity index (χ1) is 12.7. The Hall–Kier alpha value is -2.99. The number of amides is 1. The minimum absolute atomic E-state index is 0.151. The second kappa shape index (κ2) is 7.09. The van der Waals surface area contributed by atoms with Gasteiger partial charge >= 0.3 is 0 Å². The van der Waals surface area contributed by atoms with Crippen LogP contribution in [0.5, 0.6) is 0 Å². The highest BCUT2D eigenvalue weighted by molar-refractivity contribution is 6.05. The molecule has 1 amide bonds. The summed E-state index contributed by atoms with van der Waals surface area (Å²) >= 11 is 0. The van der Waals surface area contributed by atoms with Gasteiger partial charge in [-0.15, -0.1) is 0 Å². The number of anilines is 2. The van der Waals surface area contributed by atoms with Crippen molar-refractivity contribution >= 4 is 28.3 Å². The normalized spacial score (nSPS) is 14.4. The van der Waals surface area contributed by atoms with Gasteiger partial charge in [-0.25, -0.2) is 4.98 Å². The van der Waals surface area contributed by atoms with Gasteiger partial charge in [0.1, 0.15) is 5.82 Å². The van der Waals surface area contributed by atoms with Crippen molar-refractivity contribution in [3.05, 3.63) is 59.9 Å². The molecule has 1 N–H and O–H groups in total. The molecule has 0 radical (unpaired) electrons. The number of hydrogen-bond donors (Lipinski definition) is 1. The minimum atomic E-state index is -0.151. The van der Waals surface area contributed by atoms with Crippen molar-refractivity contribution in [1.29, 1.82) is 0 Å². The van der Waals surface area contributed by atoms with Crippen molar-refractivity contribution in [2.24, 2.45) is 0 Å². The maximum Gasteiger partial charge on any atom is 0.255 e. The maximum atomic E-state index is 12.3. The van der Waals surface area contributed by atoms with Crippen LogP contribution in [-0.2, 0) is 4.74 Å². The number of pyridine rings is 2. The maximum absolute atomic E-state index is 12.3. The number of fused-ring (bicyclic) bond motifs is 1. The second-order valence-corrected chi connectivity index (χ2v) is 6.32. The molecule has 1 aromatic carbocycles. The first-order valence-electron chi connectivity index (χ1n) is 8.66. The molecule has 4 rings (SSSR count). The Kier molecular flexibility index (Phi) is 4.50. The summed E-state index contributed by atoms with van der Waals surface area (Å²) in [5, 5.41) is 3.97. The largest absolute Gasteiger partial charge is 0.378 e. The molecule has 0 aliphatic carbocycles. The quantitative estimate of drug-likeness (QED) is 0.788. The molecule has 1 fully saturated rings. The number of rotatable bonds is 3. The number of hydrogen-bond acceptors (Lipinski definition) is 5. The van der Waals surface area contributed by atoms with E-state index in [9.17, 15) is 4.79 Å². The Bertz CT molecular complexity index is 937. The van der Waals surface area contributed by atoms with E-state index in [4.69, 9.17) is 9.72 Å². The molecule has 6 heteroatoms. The number of aromatic nitrogens is 2. The van der Waals surface area contributed by atoms with E-state index in [1.807, 2.05) is 18.2 Å². The molecule has 26 heavy (non-hydrogen) atoms. The number of carbonyl (C=O) groups is 1. The van der Waals surface area contributed by atoms with E-state index in [-0.39, 0.29) is 5.91 Å². The highest BCUT2D eigenvalue weighted by Gasteiger charge is 2.14. The summed E-state index contributed by atoms with van der Waals surface area (Å²) in [7, 11) is 0. The third kappa shape index (κ3) is 3.36. The van der Waals surface area contributed by atoms with Crippen molar-refractivity contribution in [2.45, 2.75) is 6.92 Å². The SMILES string of the molecule is Cc1cc(N2CCOCC2)nc2ccc(NC(=O)c3ccncc3)cc12. The van der Waals surface area contributed by atoms with E-state index in [1.165, 1.54) is 0 Å². The Morgan fingerprint density at radius 2 is 1.88 bits per heavy atom. The van der Waals surface area contributed by atoms with Gasteiger partial charge in [-0.05, 0) is 48.9 Å². The van der Waals surface area contributed by atoms with Gasteiger partial charge < -0.3 is 15.0 Å². The fraction of sp³-hybridized carbons (Fsp3) is 0.250. The molecule has 1 aliphatic heterocycles. The van der Waals surface area contributed by atoms with E-state index in [0.717, 1.165) is 54.3 Å². The van der Waals surface area contributed by atoms with Gasteiger partial charge in [-0.3, -0.25) is 9.78 Å². The number of nitrogens with zero attached hydrogens (tertiary/aromatic N) is 3. The molecular formula is C20H20N4O2. The van der Waals surface area contributed by atoms with Crippen LogP contribution in [0.1, 0.15) is 15.9 Å². The van der Waals surface area contributed by atoms with Crippen LogP contribution >= 0.6 is 0 Å². The molecule has 0 spiro atoms. The van der Waals surface area contributed by atoms with Crippen LogP contribution in [-0.4, -0.2) is 42.2 Å². The first kappa shape index (κ1) is 16.5. The summed E-state index contributed by atoms with van der Waals surface area (Å²) in [5.74, 6) is 0.828. The van der Waals surface area contributed by atoms with Crippen LogP contribution in [0, 0.1) is 6.92 Å². The molecule has 0 bridgehead atoms. The minimum Gasteiger partial charge on any atom is -0.378 e.